The van der Waals surface area contributed by atoms with E-state index in [4.69, 9.17) is 9.97 Å². The van der Waals surface area contributed by atoms with Crippen molar-refractivity contribution in [3.8, 4) is 0 Å². The van der Waals surface area contributed by atoms with Crippen molar-refractivity contribution in [2.24, 2.45) is 0 Å². The first-order valence-corrected chi connectivity index (χ1v) is 11.9. The quantitative estimate of drug-likeness (QED) is 0.688. The summed E-state index contributed by atoms with van der Waals surface area (Å²) in [7, 11) is 0. The zero-order chi connectivity index (χ0) is 23.8. The first kappa shape index (κ1) is 22.9. The lowest BCUT2D eigenvalue weighted by Crippen LogP contribution is -2.47. The van der Waals surface area contributed by atoms with Crippen molar-refractivity contribution >= 4 is 17.5 Å². The number of amides is 1. The Balaban J connectivity index is 1.31. The lowest BCUT2D eigenvalue weighted by molar-refractivity contribution is -0.129. The largest absolute Gasteiger partial charge is 0.393 e. The maximum Gasteiger partial charge on any atom is 0.219 e. The Morgan fingerprint density at radius 1 is 1.12 bits per heavy atom. The smallest absolute Gasteiger partial charge is 0.219 e. The van der Waals surface area contributed by atoms with Crippen LogP contribution in [0.2, 0.25) is 0 Å². The highest BCUT2D eigenvalue weighted by Gasteiger charge is 2.31. The van der Waals surface area contributed by atoms with Crippen LogP contribution in [0.15, 0.2) is 18.2 Å². The lowest BCUT2D eigenvalue weighted by Gasteiger charge is -2.38. The van der Waals surface area contributed by atoms with Gasteiger partial charge >= 0.3 is 0 Å². The fourth-order valence-electron chi connectivity index (χ4n) is 4.82. The molecule has 1 saturated carbocycles. The molecule has 2 fully saturated rings. The third-order valence-electron chi connectivity index (χ3n) is 6.97. The first-order valence-electron chi connectivity index (χ1n) is 11.9. The van der Waals surface area contributed by atoms with Crippen molar-refractivity contribution in [2.45, 2.75) is 51.4 Å². The second kappa shape index (κ2) is 9.42. The lowest BCUT2D eigenvalue weighted by atomic mass is 9.89. The van der Waals surface area contributed by atoms with Gasteiger partial charge in [-0.2, -0.15) is 0 Å². The van der Waals surface area contributed by atoms with E-state index < -0.39 is 11.6 Å². The highest BCUT2D eigenvalue weighted by Crippen LogP contribution is 2.31. The number of carbonyl (C=O) groups excluding carboxylic acids is 1. The monoisotopic (exact) mass is 472 g/mol. The minimum Gasteiger partial charge on any atom is -0.393 e. The fourth-order valence-corrected chi connectivity index (χ4v) is 4.82. The Morgan fingerprint density at radius 3 is 2.56 bits per heavy atom. The van der Waals surface area contributed by atoms with Gasteiger partial charge in [0, 0.05) is 70.3 Å². The second-order valence-electron chi connectivity index (χ2n) is 9.45. The van der Waals surface area contributed by atoms with Gasteiger partial charge in [-0.15, -0.1) is 0 Å². The fraction of sp³-hybridized carbons (Fsp3) is 0.542. The number of anilines is 2. The number of rotatable bonds is 5. The van der Waals surface area contributed by atoms with E-state index in [-0.39, 0.29) is 18.1 Å². The molecule has 0 spiro atoms. The van der Waals surface area contributed by atoms with Crippen molar-refractivity contribution in [1.29, 1.82) is 0 Å². The number of hydrogen-bond donors (Lipinski definition) is 2. The average molecular weight is 473 g/mol. The van der Waals surface area contributed by atoms with Crippen LogP contribution in [-0.2, 0) is 24.3 Å². The minimum atomic E-state index is -0.567. The molecule has 10 heteroatoms. The maximum atomic E-state index is 14.1. The molecule has 0 radical (unpaired) electrons. The first-order chi connectivity index (χ1) is 16.4. The molecule has 1 amide bonds. The summed E-state index contributed by atoms with van der Waals surface area (Å²) < 4.78 is 27.3. The molecule has 3 heterocycles. The van der Waals surface area contributed by atoms with E-state index >= 15 is 0 Å². The summed E-state index contributed by atoms with van der Waals surface area (Å²) in [4.78, 5) is 27.8. The van der Waals surface area contributed by atoms with Gasteiger partial charge in [-0.3, -0.25) is 9.69 Å². The molecule has 1 aliphatic carbocycles. The van der Waals surface area contributed by atoms with E-state index in [1.807, 2.05) is 0 Å². The Hall–Kier alpha value is -2.85. The predicted octanol–water partition coefficient (Wildman–Crippen LogP) is 1.92. The van der Waals surface area contributed by atoms with Crippen molar-refractivity contribution < 1.29 is 18.7 Å². The Bertz CT molecular complexity index is 1070. The summed E-state index contributed by atoms with van der Waals surface area (Å²) in [6, 6.07) is 3.87. The maximum absolute atomic E-state index is 14.1. The van der Waals surface area contributed by atoms with Gasteiger partial charge in [0.25, 0.3) is 0 Å². The molecule has 1 saturated heterocycles. The molecule has 1 aromatic heterocycles. The van der Waals surface area contributed by atoms with Crippen LogP contribution in [0.5, 0.6) is 0 Å². The van der Waals surface area contributed by atoms with Crippen LogP contribution in [0.1, 0.15) is 36.7 Å². The van der Waals surface area contributed by atoms with Gasteiger partial charge in [-0.1, -0.05) is 6.07 Å². The van der Waals surface area contributed by atoms with Crippen LogP contribution < -0.4 is 10.2 Å². The van der Waals surface area contributed by atoms with Crippen LogP contribution in [-0.4, -0.2) is 75.7 Å². The number of fused-ring (bicyclic) bond motifs is 1. The Morgan fingerprint density at radius 2 is 1.88 bits per heavy atom. The molecule has 2 aromatic rings. The molecule has 182 valence electrons. The number of carbonyl (C=O) groups is 1. The summed E-state index contributed by atoms with van der Waals surface area (Å²) in [5.41, 5.74) is 2.23. The summed E-state index contributed by atoms with van der Waals surface area (Å²) in [5, 5.41) is 13.2. The van der Waals surface area contributed by atoms with Gasteiger partial charge in [0.05, 0.1) is 24.0 Å². The summed E-state index contributed by atoms with van der Waals surface area (Å²) in [5.74, 6) is 0.434. The van der Waals surface area contributed by atoms with Gasteiger partial charge in [0.15, 0.2) is 11.6 Å². The van der Waals surface area contributed by atoms with Crippen LogP contribution >= 0.6 is 0 Å². The van der Waals surface area contributed by atoms with Crippen molar-refractivity contribution in [1.82, 2.24) is 19.8 Å². The number of aromatic nitrogens is 2. The summed E-state index contributed by atoms with van der Waals surface area (Å²) in [6.07, 6.45) is 1.74. The number of nitrogens with one attached hydrogen (secondary N) is 1. The van der Waals surface area contributed by atoms with Gasteiger partial charge in [-0.05, 0) is 18.9 Å². The molecule has 1 aromatic carbocycles. The molecule has 0 bridgehead atoms. The topological polar surface area (TPSA) is 84.8 Å². The second-order valence-corrected chi connectivity index (χ2v) is 9.45. The number of benzene rings is 1. The van der Waals surface area contributed by atoms with E-state index in [1.54, 1.807) is 11.8 Å². The van der Waals surface area contributed by atoms with Gasteiger partial charge in [0.1, 0.15) is 11.6 Å². The predicted molar refractivity (Wildman–Crippen MR) is 123 cm³/mol. The molecule has 3 aliphatic rings. The SMILES string of the molecule is CC(=O)N1CCc2nc(N3CCN(Cc4ccc(F)cc4F)CC3)c(N[C@H]3C[C@@H](O)C3)nc2C1. The van der Waals surface area contributed by atoms with E-state index in [2.05, 4.69) is 15.1 Å². The van der Waals surface area contributed by atoms with Crippen molar-refractivity contribution in [2.75, 3.05) is 42.9 Å². The van der Waals surface area contributed by atoms with Crippen molar-refractivity contribution in [3.63, 3.8) is 0 Å². The summed E-state index contributed by atoms with van der Waals surface area (Å²) >= 11 is 0. The zero-order valence-electron chi connectivity index (χ0n) is 19.3. The van der Waals surface area contributed by atoms with Gasteiger partial charge in [0.2, 0.25) is 5.91 Å². The minimum absolute atomic E-state index is 0.0295. The van der Waals surface area contributed by atoms with Crippen LogP contribution in [0.4, 0.5) is 20.4 Å². The van der Waals surface area contributed by atoms with Crippen LogP contribution in [0, 0.1) is 11.6 Å². The molecule has 5 rings (SSSR count). The van der Waals surface area contributed by atoms with E-state index in [0.717, 1.165) is 36.4 Å². The number of halogens is 2. The van der Waals surface area contributed by atoms with E-state index in [1.165, 1.54) is 12.1 Å². The third-order valence-corrected chi connectivity index (χ3v) is 6.97. The van der Waals surface area contributed by atoms with Crippen LogP contribution in [0.3, 0.4) is 0 Å². The van der Waals surface area contributed by atoms with Crippen LogP contribution in [0.25, 0.3) is 0 Å². The zero-order valence-corrected chi connectivity index (χ0v) is 19.3. The third kappa shape index (κ3) is 4.83. The van der Waals surface area contributed by atoms with E-state index in [9.17, 15) is 18.7 Å². The van der Waals surface area contributed by atoms with Crippen molar-refractivity contribution in [3.05, 3.63) is 46.8 Å². The number of hydrogen-bond acceptors (Lipinski definition) is 7. The molecule has 2 aliphatic heterocycles. The van der Waals surface area contributed by atoms with E-state index in [0.29, 0.717) is 63.4 Å². The number of aliphatic hydroxyl groups excluding tert-OH is 1. The molecule has 8 nitrogen and oxygen atoms in total. The molecule has 0 unspecified atom stereocenters. The Labute approximate surface area is 197 Å². The number of nitrogens with zero attached hydrogens (tertiary/aromatic N) is 5. The Kier molecular flexibility index (Phi) is 6.35. The molecule has 0 atom stereocenters. The average Bonchev–Trinajstić information content (AvgIpc) is 2.79. The normalized spacial score (nSPS) is 22.8. The molecular formula is C24H30F2N6O2. The standard InChI is InChI=1S/C24H30F2N6O2/c1-15(33)32-5-4-21-22(14-32)28-23(27-18-11-19(34)12-18)24(29-21)31-8-6-30(7-9-31)13-16-2-3-17(25)10-20(16)26/h2-3,10,18-19,34H,4-9,11-14H2,1H3,(H,27,28)/t18-,19+. The van der Waals surface area contributed by atoms with Gasteiger partial charge in [-0.25, -0.2) is 18.7 Å². The highest BCUT2D eigenvalue weighted by molar-refractivity contribution is 5.73. The number of piperazine rings is 1. The highest BCUT2D eigenvalue weighted by atomic mass is 19.1. The van der Waals surface area contributed by atoms with Gasteiger partial charge < -0.3 is 20.2 Å². The molecule has 2 N–H and O–H groups in total. The molecule has 34 heavy (non-hydrogen) atoms. The number of aliphatic hydroxyl groups is 1. The summed E-state index contributed by atoms with van der Waals surface area (Å²) in [6.45, 7) is 5.94. The molecular weight excluding hydrogens is 442 g/mol.